The van der Waals surface area contributed by atoms with Gasteiger partial charge >= 0.3 is 0 Å². The molecule has 2 nitrogen and oxygen atoms in total. The number of para-hydroxylation sites is 1. The molecule has 2 aromatic heterocycles. The molecule has 0 amide bonds. The molecule has 0 aliphatic carbocycles. The minimum atomic E-state index is 0.819. The Bertz CT molecular complexity index is 2760. The summed E-state index contributed by atoms with van der Waals surface area (Å²) in [5.74, 6) is 0. The zero-order chi connectivity index (χ0) is 31.6. The Morgan fingerprint density at radius 1 is 0.333 bits per heavy atom. The predicted octanol–water partition coefficient (Wildman–Crippen LogP) is 13.3. The molecule has 224 valence electrons. The highest BCUT2D eigenvalue weighted by Gasteiger charge is 2.22. The van der Waals surface area contributed by atoms with E-state index in [1.54, 1.807) is 0 Å². The molecule has 10 rings (SSSR count). The van der Waals surface area contributed by atoms with Gasteiger partial charge in [0.2, 0.25) is 0 Å². The molecule has 0 bridgehead atoms. The lowest BCUT2D eigenvalue weighted by molar-refractivity contribution is 0.616. The molecule has 2 heterocycles. The van der Waals surface area contributed by atoms with Gasteiger partial charge in [0.15, 0.2) is 0 Å². The van der Waals surface area contributed by atoms with E-state index in [1.165, 1.54) is 49.4 Å². The van der Waals surface area contributed by atoms with Gasteiger partial charge in [0.1, 0.15) is 16.7 Å². The summed E-state index contributed by atoms with van der Waals surface area (Å²) in [7, 11) is 0. The third kappa shape index (κ3) is 4.00. The Balaban J connectivity index is 1.27. The van der Waals surface area contributed by atoms with Gasteiger partial charge in [-0.2, -0.15) is 0 Å². The quantitative estimate of drug-likeness (QED) is 0.185. The monoisotopic (exact) mass is 612 g/mol. The van der Waals surface area contributed by atoms with Gasteiger partial charge in [-0.3, -0.25) is 0 Å². The summed E-state index contributed by atoms with van der Waals surface area (Å²) in [5, 5.41) is 8.01. The molecule has 0 N–H and O–H groups in total. The van der Waals surface area contributed by atoms with E-state index < -0.39 is 0 Å². The van der Waals surface area contributed by atoms with Crippen molar-refractivity contribution in [3.63, 3.8) is 0 Å². The largest absolute Gasteiger partial charge is 0.464 e. The maximum Gasteiger partial charge on any atom is 0.147 e. The smallest absolute Gasteiger partial charge is 0.147 e. The Morgan fingerprint density at radius 3 is 1.58 bits per heavy atom. The van der Waals surface area contributed by atoms with Crippen molar-refractivity contribution in [2.75, 3.05) is 0 Å². The summed E-state index contributed by atoms with van der Waals surface area (Å²) in [6.07, 6.45) is 1.85. The van der Waals surface area contributed by atoms with Gasteiger partial charge in [-0.25, -0.2) is 0 Å². The molecule has 0 fully saturated rings. The van der Waals surface area contributed by atoms with Crippen LogP contribution in [0.3, 0.4) is 0 Å². The summed E-state index contributed by atoms with van der Waals surface area (Å²) < 4.78 is 13.1. The second-order valence-corrected chi connectivity index (χ2v) is 12.4. The number of benzene rings is 8. The standard InChI is InChI=1S/C46H28O2/c1-3-13-29(14-4-1)31-17-11-18-32(27-31)42-33-19-7-9-21-35(33)43(36-22-10-8-20-34(36)42)39-24-12-23-37-38-25-26-41-44(46(38)48-45(37)39)40(28-47-41)30-15-5-2-6-16-30/h1-28H. The lowest BCUT2D eigenvalue weighted by Crippen LogP contribution is -1.91. The van der Waals surface area contributed by atoms with Crippen molar-refractivity contribution < 1.29 is 8.83 Å². The molecular weight excluding hydrogens is 585 g/mol. The molecule has 0 atom stereocenters. The minimum Gasteiger partial charge on any atom is -0.464 e. The summed E-state index contributed by atoms with van der Waals surface area (Å²) in [6, 6.07) is 58.3. The maximum absolute atomic E-state index is 6.99. The molecule has 0 spiro atoms. The maximum atomic E-state index is 6.99. The second-order valence-electron chi connectivity index (χ2n) is 12.4. The van der Waals surface area contributed by atoms with Crippen LogP contribution in [0.4, 0.5) is 0 Å². The van der Waals surface area contributed by atoms with Gasteiger partial charge in [0, 0.05) is 27.5 Å². The number of hydrogen-bond donors (Lipinski definition) is 0. The molecule has 0 saturated carbocycles. The molecule has 48 heavy (non-hydrogen) atoms. The molecule has 0 aliphatic rings. The first-order valence-electron chi connectivity index (χ1n) is 16.3. The predicted molar refractivity (Wildman–Crippen MR) is 200 cm³/mol. The van der Waals surface area contributed by atoms with Gasteiger partial charge in [0.05, 0.1) is 11.6 Å². The molecule has 0 saturated heterocycles. The average Bonchev–Trinajstić information content (AvgIpc) is 3.77. The molecule has 8 aromatic carbocycles. The Kier molecular flexibility index (Phi) is 5.91. The lowest BCUT2D eigenvalue weighted by atomic mass is 9.85. The first-order valence-corrected chi connectivity index (χ1v) is 16.3. The molecular formula is C46H28O2. The van der Waals surface area contributed by atoms with Crippen molar-refractivity contribution in [2.45, 2.75) is 0 Å². The summed E-state index contributed by atoms with van der Waals surface area (Å²) in [4.78, 5) is 0. The third-order valence-corrected chi connectivity index (χ3v) is 9.75. The number of rotatable bonds is 4. The highest BCUT2D eigenvalue weighted by molar-refractivity contribution is 6.25. The van der Waals surface area contributed by atoms with Crippen LogP contribution in [-0.4, -0.2) is 0 Å². The van der Waals surface area contributed by atoms with Crippen molar-refractivity contribution in [1.82, 2.24) is 0 Å². The summed E-state index contributed by atoms with van der Waals surface area (Å²) in [6.45, 7) is 0. The number of fused-ring (bicyclic) bond motifs is 7. The van der Waals surface area contributed by atoms with E-state index in [0.29, 0.717) is 0 Å². The highest BCUT2D eigenvalue weighted by atomic mass is 16.3. The van der Waals surface area contributed by atoms with Crippen LogP contribution in [0.15, 0.2) is 179 Å². The van der Waals surface area contributed by atoms with E-state index in [0.717, 1.165) is 49.6 Å². The van der Waals surface area contributed by atoms with Gasteiger partial charge < -0.3 is 8.83 Å². The topological polar surface area (TPSA) is 26.3 Å². The Labute approximate surface area is 277 Å². The zero-order valence-corrected chi connectivity index (χ0v) is 26.0. The second kappa shape index (κ2) is 10.6. The normalized spacial score (nSPS) is 11.8. The minimum absolute atomic E-state index is 0.819. The fraction of sp³-hybridized carbons (Fsp3) is 0. The van der Waals surface area contributed by atoms with Gasteiger partial charge in [-0.15, -0.1) is 0 Å². The SMILES string of the molecule is c1ccc(-c2cccc(-c3c4ccccc4c(-c4cccc5c4oc4c5ccc5occ(-c6ccccc6)c54)c4ccccc34)c2)cc1. The van der Waals surface area contributed by atoms with Gasteiger partial charge in [0.25, 0.3) is 0 Å². The summed E-state index contributed by atoms with van der Waals surface area (Å²) >= 11 is 0. The van der Waals surface area contributed by atoms with E-state index >= 15 is 0 Å². The van der Waals surface area contributed by atoms with Crippen molar-refractivity contribution >= 4 is 54.5 Å². The van der Waals surface area contributed by atoms with Crippen molar-refractivity contribution in [3.8, 4) is 44.5 Å². The van der Waals surface area contributed by atoms with Crippen molar-refractivity contribution in [2.24, 2.45) is 0 Å². The number of furan rings is 2. The third-order valence-electron chi connectivity index (χ3n) is 9.75. The van der Waals surface area contributed by atoms with Gasteiger partial charge in [-0.05, 0) is 67.6 Å². The number of hydrogen-bond acceptors (Lipinski definition) is 2. The molecule has 0 radical (unpaired) electrons. The van der Waals surface area contributed by atoms with Crippen molar-refractivity contribution in [1.29, 1.82) is 0 Å². The molecule has 10 aromatic rings. The van der Waals surface area contributed by atoms with Crippen LogP contribution in [0.5, 0.6) is 0 Å². The summed E-state index contributed by atoms with van der Waals surface area (Å²) in [5.41, 5.74) is 11.8. The van der Waals surface area contributed by atoms with Crippen LogP contribution < -0.4 is 0 Å². The Morgan fingerprint density at radius 2 is 0.875 bits per heavy atom. The van der Waals surface area contributed by atoms with E-state index in [2.05, 4.69) is 158 Å². The van der Waals surface area contributed by atoms with Gasteiger partial charge in [-0.1, -0.05) is 146 Å². The van der Waals surface area contributed by atoms with Crippen molar-refractivity contribution in [3.05, 3.63) is 170 Å². The highest BCUT2D eigenvalue weighted by Crippen LogP contribution is 2.48. The first-order chi connectivity index (χ1) is 23.8. The van der Waals surface area contributed by atoms with Crippen LogP contribution in [-0.2, 0) is 0 Å². The average molecular weight is 613 g/mol. The van der Waals surface area contributed by atoms with E-state index in [9.17, 15) is 0 Å². The van der Waals surface area contributed by atoms with Crippen LogP contribution >= 0.6 is 0 Å². The lowest BCUT2D eigenvalue weighted by Gasteiger charge is -2.18. The van der Waals surface area contributed by atoms with E-state index in [1.807, 2.05) is 12.3 Å². The zero-order valence-electron chi connectivity index (χ0n) is 26.0. The fourth-order valence-corrected chi connectivity index (χ4v) is 7.62. The van der Waals surface area contributed by atoms with Crippen LogP contribution in [0, 0.1) is 0 Å². The van der Waals surface area contributed by atoms with E-state index in [-0.39, 0.29) is 0 Å². The fourth-order valence-electron chi connectivity index (χ4n) is 7.62. The first kappa shape index (κ1) is 26.8. The van der Waals surface area contributed by atoms with E-state index in [4.69, 9.17) is 8.83 Å². The van der Waals surface area contributed by atoms with Crippen LogP contribution in [0.25, 0.3) is 99.0 Å². The molecule has 2 heteroatoms. The Hall–Kier alpha value is -6.38. The van der Waals surface area contributed by atoms with Crippen LogP contribution in [0.1, 0.15) is 0 Å². The van der Waals surface area contributed by atoms with Crippen LogP contribution in [0.2, 0.25) is 0 Å². The molecule has 0 unspecified atom stereocenters. The molecule has 0 aliphatic heterocycles.